The average Bonchev–Trinajstić information content (AvgIpc) is 3.22. The van der Waals surface area contributed by atoms with Gasteiger partial charge in [0.05, 0.1) is 34.4 Å². The van der Waals surface area contributed by atoms with Gasteiger partial charge in [-0.1, -0.05) is 184 Å². The zero-order valence-electron chi connectivity index (χ0n) is 40.7. The lowest BCUT2D eigenvalue weighted by molar-refractivity contribution is -0.870. The van der Waals surface area contributed by atoms with Gasteiger partial charge in [-0.05, 0) is 77.0 Å². The molecule has 0 aromatic carbocycles. The number of nitrogens with zero attached hydrogens (tertiary/aromatic N) is 1. The molecule has 0 spiro atoms. The molecule has 0 aromatic rings. The maximum atomic E-state index is 12.7. The first kappa shape index (κ1) is 59.5. The van der Waals surface area contributed by atoms with Crippen LogP contribution in [0.3, 0.4) is 0 Å². The van der Waals surface area contributed by atoms with Crippen molar-refractivity contribution in [3.8, 4) is 0 Å². The van der Waals surface area contributed by atoms with Crippen LogP contribution in [0.2, 0.25) is 0 Å². The summed E-state index contributed by atoms with van der Waals surface area (Å²) < 4.78 is 35.1. The monoisotopic (exact) mass is 881 g/mol. The fourth-order valence-corrected chi connectivity index (χ4v) is 7.65. The third-order valence-corrected chi connectivity index (χ3v) is 11.8. The van der Waals surface area contributed by atoms with Gasteiger partial charge in [-0.25, -0.2) is 4.57 Å². The van der Waals surface area contributed by atoms with E-state index in [4.69, 9.17) is 18.5 Å². The van der Waals surface area contributed by atoms with Crippen LogP contribution in [0.1, 0.15) is 219 Å². The van der Waals surface area contributed by atoms with E-state index in [-0.39, 0.29) is 25.8 Å². The number of unbranched alkanes of at least 4 members (excludes halogenated alkanes) is 25. The van der Waals surface area contributed by atoms with E-state index in [1.54, 1.807) is 0 Å². The Morgan fingerprint density at radius 1 is 0.508 bits per heavy atom. The van der Waals surface area contributed by atoms with Gasteiger partial charge in [-0.15, -0.1) is 0 Å². The Labute approximate surface area is 378 Å². The Kier molecular flexibility index (Phi) is 43.9. The van der Waals surface area contributed by atoms with E-state index in [1.165, 1.54) is 141 Å². The van der Waals surface area contributed by atoms with Crippen molar-refractivity contribution in [2.75, 3.05) is 54.1 Å². The molecule has 0 saturated carbocycles. The van der Waals surface area contributed by atoms with Crippen molar-refractivity contribution in [2.45, 2.75) is 225 Å². The molecule has 0 aliphatic carbocycles. The van der Waals surface area contributed by atoms with E-state index in [1.807, 2.05) is 21.1 Å². The summed E-state index contributed by atoms with van der Waals surface area (Å²) in [7, 11) is 1.66. The second-order valence-electron chi connectivity index (χ2n) is 18.2. The Morgan fingerprint density at radius 2 is 0.902 bits per heavy atom. The molecule has 2 unspecified atom stereocenters. The Bertz CT molecular complexity index is 1120. The number of phosphoric acid groups is 1. The van der Waals surface area contributed by atoms with Crippen LogP contribution < -0.4 is 0 Å². The molecule has 0 saturated heterocycles. The molecule has 8 nitrogen and oxygen atoms in total. The molecule has 0 bridgehead atoms. The number of quaternary nitrogens is 1. The van der Waals surface area contributed by atoms with Gasteiger partial charge in [0.1, 0.15) is 19.3 Å². The van der Waals surface area contributed by atoms with Crippen molar-refractivity contribution in [3.63, 3.8) is 0 Å². The molecule has 0 fully saturated rings. The first-order valence-electron chi connectivity index (χ1n) is 25.4. The molecule has 0 aliphatic heterocycles. The van der Waals surface area contributed by atoms with Gasteiger partial charge in [0, 0.05) is 13.0 Å². The van der Waals surface area contributed by atoms with Crippen LogP contribution in [0.25, 0.3) is 0 Å². The molecular formula is C52H99NO7P+. The van der Waals surface area contributed by atoms with E-state index in [0.29, 0.717) is 24.1 Å². The topological polar surface area (TPSA) is 91.3 Å². The number of carbonyl (C=O) groups excluding carboxylic acids is 1. The van der Waals surface area contributed by atoms with Gasteiger partial charge in [0.2, 0.25) is 0 Å². The van der Waals surface area contributed by atoms with Gasteiger partial charge in [-0.2, -0.15) is 0 Å². The molecule has 61 heavy (non-hydrogen) atoms. The highest BCUT2D eigenvalue weighted by Gasteiger charge is 2.26. The zero-order valence-corrected chi connectivity index (χ0v) is 41.5. The van der Waals surface area contributed by atoms with E-state index < -0.39 is 13.9 Å². The van der Waals surface area contributed by atoms with Gasteiger partial charge in [0.15, 0.2) is 0 Å². The molecule has 2 atom stereocenters. The number of phosphoric ester groups is 1. The van der Waals surface area contributed by atoms with Crippen LogP contribution in [-0.4, -0.2) is 75.6 Å². The first-order valence-corrected chi connectivity index (χ1v) is 26.9. The van der Waals surface area contributed by atoms with E-state index in [9.17, 15) is 14.3 Å². The Balaban J connectivity index is 4.18. The van der Waals surface area contributed by atoms with Crippen molar-refractivity contribution < 1.29 is 37.3 Å². The van der Waals surface area contributed by atoms with Crippen LogP contribution in [-0.2, 0) is 27.9 Å². The lowest BCUT2D eigenvalue weighted by atomic mass is 10.1. The number of allylic oxidation sites excluding steroid dienone is 8. The molecule has 358 valence electrons. The molecule has 0 aromatic heterocycles. The Hall–Kier alpha value is -1.54. The van der Waals surface area contributed by atoms with Gasteiger partial charge in [0.25, 0.3) is 0 Å². The highest BCUT2D eigenvalue weighted by atomic mass is 31.2. The highest BCUT2D eigenvalue weighted by Crippen LogP contribution is 2.43. The summed E-state index contributed by atoms with van der Waals surface area (Å²) in [5.41, 5.74) is 0. The zero-order chi connectivity index (χ0) is 44.8. The summed E-state index contributed by atoms with van der Waals surface area (Å²) in [5, 5.41) is 0. The quantitative estimate of drug-likeness (QED) is 0.0214. The molecule has 0 aliphatic rings. The number of hydrogen-bond donors (Lipinski definition) is 1. The Morgan fingerprint density at radius 3 is 1.39 bits per heavy atom. The molecule has 9 heteroatoms. The minimum Gasteiger partial charge on any atom is -0.457 e. The predicted octanol–water partition coefficient (Wildman–Crippen LogP) is 15.5. The highest BCUT2D eigenvalue weighted by molar-refractivity contribution is 7.47. The number of likely N-dealkylation sites (N-methyl/N-ethyl adjacent to an activating group) is 1. The normalized spacial score (nSPS) is 14.0. The maximum absolute atomic E-state index is 12.7. The fraction of sp³-hybridized carbons (Fsp3) is 0.827. The van der Waals surface area contributed by atoms with Crippen molar-refractivity contribution in [1.29, 1.82) is 0 Å². The summed E-state index contributed by atoms with van der Waals surface area (Å²) in [6.45, 7) is 5.59. The average molecular weight is 881 g/mol. The summed E-state index contributed by atoms with van der Waals surface area (Å²) in [6.07, 6.45) is 55.8. The van der Waals surface area contributed by atoms with Gasteiger partial charge >= 0.3 is 13.8 Å². The standard InChI is InChI=1S/C52H98NO7P/c1-6-8-10-12-14-16-18-20-22-24-26-28-30-32-34-36-38-40-42-44-47-57-49-51(50-59-61(55,56)58-48-46-53(3,4)5)60-52(54)45-43-41-39-37-35-33-31-29-27-25-23-21-19-17-15-13-11-9-7-2/h15,17,20-23,27,29,51H,6-14,16,18-19,24-26,28,30-50H2,1-5H3/p+1/b17-15-,22-20-,23-21-,29-27-. The second-order valence-corrected chi connectivity index (χ2v) is 19.6. The minimum absolute atomic E-state index is 0.0847. The summed E-state index contributed by atoms with van der Waals surface area (Å²) in [6, 6.07) is 0. The summed E-state index contributed by atoms with van der Waals surface area (Å²) >= 11 is 0. The van der Waals surface area contributed by atoms with Crippen LogP contribution >= 0.6 is 7.82 Å². The molecule has 0 rings (SSSR count). The fourth-order valence-electron chi connectivity index (χ4n) is 6.91. The van der Waals surface area contributed by atoms with Crippen molar-refractivity contribution in [2.24, 2.45) is 0 Å². The number of carbonyl (C=O) groups is 1. The lowest BCUT2D eigenvalue weighted by Crippen LogP contribution is -2.37. The number of esters is 1. The summed E-state index contributed by atoms with van der Waals surface area (Å²) in [5.74, 6) is -0.325. The molecule has 0 heterocycles. The number of hydrogen-bond acceptors (Lipinski definition) is 6. The molecular weight excluding hydrogens is 782 g/mol. The van der Waals surface area contributed by atoms with Crippen LogP contribution in [0, 0.1) is 0 Å². The molecule has 1 N–H and O–H groups in total. The van der Waals surface area contributed by atoms with Crippen molar-refractivity contribution in [3.05, 3.63) is 48.6 Å². The minimum atomic E-state index is -4.28. The van der Waals surface area contributed by atoms with Crippen molar-refractivity contribution in [1.82, 2.24) is 0 Å². The first-order chi connectivity index (χ1) is 29.6. The third-order valence-electron chi connectivity index (χ3n) is 10.9. The SMILES string of the molecule is CCCCC/C=C\C/C=C\C/C=C\CCCCCCCCC(=O)OC(COCCCCCCCCCCCC/C=C\CCCCCCCC)COP(=O)(O)OCC[N+](C)(C)C. The number of ether oxygens (including phenoxy) is 2. The second kappa shape index (κ2) is 45.0. The lowest BCUT2D eigenvalue weighted by Gasteiger charge is -2.24. The summed E-state index contributed by atoms with van der Waals surface area (Å²) in [4.78, 5) is 23.0. The molecule has 0 radical (unpaired) electrons. The third kappa shape index (κ3) is 49.3. The molecule has 0 amide bonds. The van der Waals surface area contributed by atoms with Crippen LogP contribution in [0.15, 0.2) is 48.6 Å². The van der Waals surface area contributed by atoms with E-state index in [0.717, 1.165) is 57.8 Å². The predicted molar refractivity (Wildman–Crippen MR) is 261 cm³/mol. The number of rotatable bonds is 47. The maximum Gasteiger partial charge on any atom is 0.472 e. The van der Waals surface area contributed by atoms with Crippen LogP contribution in [0.4, 0.5) is 0 Å². The largest absolute Gasteiger partial charge is 0.472 e. The van der Waals surface area contributed by atoms with Gasteiger partial charge < -0.3 is 18.9 Å². The van der Waals surface area contributed by atoms with Crippen molar-refractivity contribution >= 4 is 13.8 Å². The van der Waals surface area contributed by atoms with Gasteiger partial charge in [-0.3, -0.25) is 13.8 Å². The van der Waals surface area contributed by atoms with E-state index >= 15 is 0 Å². The smallest absolute Gasteiger partial charge is 0.457 e. The van der Waals surface area contributed by atoms with E-state index in [2.05, 4.69) is 62.5 Å². The van der Waals surface area contributed by atoms with Crippen LogP contribution in [0.5, 0.6) is 0 Å².